The molecular formula is C21H25FN4O3. The molecule has 1 amide bonds. The number of halogens is 1. The first kappa shape index (κ1) is 20.6. The van der Waals surface area contributed by atoms with Gasteiger partial charge in [0.2, 0.25) is 5.91 Å². The van der Waals surface area contributed by atoms with Crippen LogP contribution in [-0.2, 0) is 9.53 Å². The molecule has 1 aliphatic heterocycles. The van der Waals surface area contributed by atoms with Crippen molar-refractivity contribution in [2.75, 3.05) is 20.3 Å². The van der Waals surface area contributed by atoms with E-state index in [0.29, 0.717) is 40.6 Å². The second kappa shape index (κ2) is 8.91. The molecule has 2 heterocycles. The fourth-order valence-corrected chi connectivity index (χ4v) is 3.27. The van der Waals surface area contributed by atoms with Crippen molar-refractivity contribution in [2.24, 2.45) is 10.7 Å². The molecule has 0 spiro atoms. The van der Waals surface area contributed by atoms with Crippen molar-refractivity contribution in [1.82, 2.24) is 10.3 Å². The molecular weight excluding hydrogens is 375 g/mol. The number of amides is 1. The van der Waals surface area contributed by atoms with Crippen molar-refractivity contribution in [3.05, 3.63) is 40.7 Å². The van der Waals surface area contributed by atoms with E-state index < -0.39 is 5.82 Å². The number of nitrogens with two attached hydrogens (primary N) is 1. The number of carbonyl (C=O) groups is 1. The van der Waals surface area contributed by atoms with Crippen LogP contribution in [-0.4, -0.2) is 44.0 Å². The average Bonchev–Trinajstić information content (AvgIpc) is 3.19. The maximum Gasteiger partial charge on any atom is 0.247 e. The largest absolute Gasteiger partial charge is 0.487 e. The van der Waals surface area contributed by atoms with Gasteiger partial charge in [-0.15, -0.1) is 0 Å². The quantitative estimate of drug-likeness (QED) is 0.652. The van der Waals surface area contributed by atoms with Crippen LogP contribution >= 0.6 is 0 Å². The standard InChI is InChI=1S/C21H25FN4O3/c1-12(21(27)25-3)15-11-16(26-19(15)20(23)24-2)14-5-4-6-17(18(14)22)29-13-7-9-28-10-8-13/h4-6,11,13,26H,2,7-10,23H2,1,3H3,(H,25,27)/b15-12+,20-19+. The second-order valence-electron chi connectivity index (χ2n) is 6.77. The highest BCUT2D eigenvalue weighted by Crippen LogP contribution is 2.29. The van der Waals surface area contributed by atoms with Crippen LogP contribution in [0.5, 0.6) is 5.75 Å². The Morgan fingerprint density at radius 2 is 2.14 bits per heavy atom. The molecule has 1 fully saturated rings. The van der Waals surface area contributed by atoms with Crippen molar-refractivity contribution < 1.29 is 18.7 Å². The smallest absolute Gasteiger partial charge is 0.247 e. The van der Waals surface area contributed by atoms with E-state index >= 15 is 4.39 Å². The van der Waals surface area contributed by atoms with Crippen LogP contribution in [0, 0.1) is 5.82 Å². The zero-order chi connectivity index (χ0) is 21.0. The zero-order valence-corrected chi connectivity index (χ0v) is 16.5. The SMILES string of the molecule is C=N/C(N)=c1/[nH]c(-c2cccc(OC3CCOCC3)c2F)c/c1=C(/C)C(=O)NC. The van der Waals surface area contributed by atoms with Crippen molar-refractivity contribution in [2.45, 2.75) is 25.9 Å². The van der Waals surface area contributed by atoms with Gasteiger partial charge in [0, 0.05) is 41.9 Å². The number of nitrogens with one attached hydrogen (secondary N) is 2. The lowest BCUT2D eigenvalue weighted by Gasteiger charge is -2.23. The number of benzene rings is 1. The maximum atomic E-state index is 15.2. The minimum atomic E-state index is -0.485. The van der Waals surface area contributed by atoms with E-state index in [1.54, 1.807) is 31.2 Å². The van der Waals surface area contributed by atoms with Crippen LogP contribution in [0.15, 0.2) is 29.3 Å². The van der Waals surface area contributed by atoms with Gasteiger partial charge in [0.05, 0.1) is 18.6 Å². The van der Waals surface area contributed by atoms with E-state index in [2.05, 4.69) is 22.0 Å². The fourth-order valence-electron chi connectivity index (χ4n) is 3.27. The van der Waals surface area contributed by atoms with Crippen LogP contribution in [0.25, 0.3) is 22.7 Å². The first-order valence-electron chi connectivity index (χ1n) is 9.38. The van der Waals surface area contributed by atoms with E-state index in [1.807, 2.05) is 0 Å². The van der Waals surface area contributed by atoms with E-state index in [9.17, 15) is 4.79 Å². The number of hydrogen-bond acceptors (Lipinski definition) is 5. The Kier molecular flexibility index (Phi) is 6.33. The van der Waals surface area contributed by atoms with Gasteiger partial charge < -0.3 is 25.5 Å². The molecule has 0 saturated carbocycles. The normalized spacial score (nSPS) is 16.8. The number of H-pyrrole nitrogens is 1. The van der Waals surface area contributed by atoms with Crippen molar-refractivity contribution in [1.29, 1.82) is 0 Å². The predicted molar refractivity (Wildman–Crippen MR) is 110 cm³/mol. The number of carbonyl (C=O) groups excluding carboxylic acids is 1. The molecule has 0 bridgehead atoms. The minimum absolute atomic E-state index is 0.0824. The molecule has 0 radical (unpaired) electrons. The number of hydrogen-bond donors (Lipinski definition) is 3. The molecule has 1 aliphatic rings. The molecule has 8 heteroatoms. The predicted octanol–water partition coefficient (Wildman–Crippen LogP) is 1.02. The van der Waals surface area contributed by atoms with E-state index in [-0.39, 0.29) is 23.6 Å². The van der Waals surface area contributed by atoms with E-state index in [1.165, 1.54) is 7.05 Å². The Morgan fingerprint density at radius 1 is 1.41 bits per heavy atom. The lowest BCUT2D eigenvalue weighted by atomic mass is 10.1. The average molecular weight is 400 g/mol. The fraction of sp³-hybridized carbons (Fsp3) is 0.333. The summed E-state index contributed by atoms with van der Waals surface area (Å²) < 4.78 is 26.4. The number of ether oxygens (including phenoxy) is 2. The van der Waals surface area contributed by atoms with Crippen LogP contribution in [0.1, 0.15) is 19.8 Å². The van der Waals surface area contributed by atoms with Gasteiger partial charge in [-0.25, -0.2) is 9.38 Å². The van der Waals surface area contributed by atoms with Gasteiger partial charge in [0.1, 0.15) is 11.9 Å². The molecule has 154 valence electrons. The summed E-state index contributed by atoms with van der Waals surface area (Å²) in [5.41, 5.74) is 7.13. The van der Waals surface area contributed by atoms with Crippen molar-refractivity contribution in [3.63, 3.8) is 0 Å². The van der Waals surface area contributed by atoms with Gasteiger partial charge >= 0.3 is 0 Å². The number of aliphatic imine (C=N–C) groups is 1. The molecule has 0 unspecified atom stereocenters. The number of aromatic nitrogens is 1. The van der Waals surface area contributed by atoms with Gasteiger partial charge in [-0.05, 0) is 31.8 Å². The Balaban J connectivity index is 2.10. The zero-order valence-electron chi connectivity index (χ0n) is 16.5. The molecule has 1 aromatic heterocycles. The van der Waals surface area contributed by atoms with E-state index in [4.69, 9.17) is 15.2 Å². The molecule has 0 aliphatic carbocycles. The van der Waals surface area contributed by atoms with Crippen LogP contribution in [0.2, 0.25) is 0 Å². The monoisotopic (exact) mass is 400 g/mol. The summed E-state index contributed by atoms with van der Waals surface area (Å²) in [7, 11) is 1.54. The molecule has 0 atom stereocenters. The number of aromatic amines is 1. The molecule has 7 nitrogen and oxygen atoms in total. The Morgan fingerprint density at radius 3 is 2.79 bits per heavy atom. The van der Waals surface area contributed by atoms with E-state index in [0.717, 1.165) is 12.8 Å². The van der Waals surface area contributed by atoms with Gasteiger partial charge in [0.25, 0.3) is 0 Å². The Labute approximate surface area is 168 Å². The van der Waals surface area contributed by atoms with Gasteiger partial charge in [-0.1, -0.05) is 6.07 Å². The first-order chi connectivity index (χ1) is 14.0. The topological polar surface area (TPSA) is 102 Å². The molecule has 1 saturated heterocycles. The highest BCUT2D eigenvalue weighted by atomic mass is 19.1. The molecule has 3 rings (SSSR count). The first-order valence-corrected chi connectivity index (χ1v) is 9.38. The summed E-state index contributed by atoms with van der Waals surface area (Å²) in [4.78, 5) is 18.9. The summed E-state index contributed by atoms with van der Waals surface area (Å²) in [6.07, 6.45) is 1.36. The molecule has 29 heavy (non-hydrogen) atoms. The third-order valence-corrected chi connectivity index (χ3v) is 4.93. The summed E-state index contributed by atoms with van der Waals surface area (Å²) >= 11 is 0. The third-order valence-electron chi connectivity index (χ3n) is 4.93. The van der Waals surface area contributed by atoms with Crippen LogP contribution < -0.4 is 26.4 Å². The van der Waals surface area contributed by atoms with Gasteiger partial charge in [-0.2, -0.15) is 0 Å². The molecule has 2 aromatic rings. The van der Waals surface area contributed by atoms with Crippen molar-refractivity contribution in [3.8, 4) is 17.0 Å². The number of nitrogens with zero attached hydrogens (tertiary/aromatic N) is 1. The van der Waals surface area contributed by atoms with Gasteiger partial charge in [0.15, 0.2) is 11.6 Å². The maximum absolute atomic E-state index is 15.2. The van der Waals surface area contributed by atoms with Crippen LogP contribution in [0.4, 0.5) is 4.39 Å². The highest BCUT2D eigenvalue weighted by molar-refractivity contribution is 6.12. The molecule has 1 aromatic carbocycles. The summed E-state index contributed by atoms with van der Waals surface area (Å²) in [5.74, 6) is -0.464. The summed E-state index contributed by atoms with van der Waals surface area (Å²) in [5, 5.41) is 3.51. The number of rotatable bonds is 5. The third kappa shape index (κ3) is 4.32. The van der Waals surface area contributed by atoms with Gasteiger partial charge in [-0.3, -0.25) is 4.79 Å². The summed E-state index contributed by atoms with van der Waals surface area (Å²) in [6.45, 7) is 6.30. The van der Waals surface area contributed by atoms with Crippen molar-refractivity contribution >= 4 is 24.0 Å². The minimum Gasteiger partial charge on any atom is -0.487 e. The highest BCUT2D eigenvalue weighted by Gasteiger charge is 2.19. The lowest BCUT2D eigenvalue weighted by Crippen LogP contribution is -2.33. The Bertz CT molecular complexity index is 1040. The van der Waals surface area contributed by atoms with Crippen LogP contribution in [0.3, 0.4) is 0 Å². The second-order valence-corrected chi connectivity index (χ2v) is 6.77. The lowest BCUT2D eigenvalue weighted by molar-refractivity contribution is -0.115. The summed E-state index contributed by atoms with van der Waals surface area (Å²) in [6, 6.07) is 6.64. The molecule has 4 N–H and O–H groups in total. The Hall–Kier alpha value is -3.13.